The summed E-state index contributed by atoms with van der Waals surface area (Å²) >= 11 is 0. The molecule has 142 valence electrons. The predicted octanol–water partition coefficient (Wildman–Crippen LogP) is 2.89. The third-order valence-electron chi connectivity index (χ3n) is 4.65. The van der Waals surface area contributed by atoms with Crippen LogP contribution in [0.3, 0.4) is 0 Å². The summed E-state index contributed by atoms with van der Waals surface area (Å²) in [7, 11) is 0. The first-order valence-electron chi connectivity index (χ1n) is 9.05. The van der Waals surface area contributed by atoms with Gasteiger partial charge in [0.15, 0.2) is 6.61 Å². The van der Waals surface area contributed by atoms with Gasteiger partial charge in [0.25, 0.3) is 11.8 Å². The molecule has 1 aliphatic heterocycles. The summed E-state index contributed by atoms with van der Waals surface area (Å²) in [5, 5.41) is 0. The first kappa shape index (κ1) is 18.9. The maximum absolute atomic E-state index is 13.4. The minimum absolute atomic E-state index is 0.0251. The Kier molecular flexibility index (Phi) is 6.06. The van der Waals surface area contributed by atoms with Gasteiger partial charge in [-0.15, -0.1) is 0 Å². The summed E-state index contributed by atoms with van der Waals surface area (Å²) in [6.45, 7) is 3.88. The summed E-state index contributed by atoms with van der Waals surface area (Å²) in [4.78, 5) is 28.4. The van der Waals surface area contributed by atoms with Crippen molar-refractivity contribution in [3.63, 3.8) is 0 Å². The Bertz CT molecular complexity index is 825. The van der Waals surface area contributed by atoms with Gasteiger partial charge in [-0.25, -0.2) is 4.39 Å². The third-order valence-corrected chi connectivity index (χ3v) is 4.65. The number of hydrogen-bond acceptors (Lipinski definition) is 3. The lowest BCUT2D eigenvalue weighted by molar-refractivity contribution is -0.133. The van der Waals surface area contributed by atoms with E-state index in [1.165, 1.54) is 18.2 Å². The molecule has 1 heterocycles. The van der Waals surface area contributed by atoms with Crippen molar-refractivity contribution >= 4 is 11.8 Å². The molecule has 2 amide bonds. The van der Waals surface area contributed by atoms with Gasteiger partial charge in [0.05, 0.1) is 0 Å². The highest BCUT2D eigenvalue weighted by molar-refractivity contribution is 5.94. The van der Waals surface area contributed by atoms with E-state index in [4.69, 9.17) is 4.74 Å². The number of ether oxygens (including phenoxy) is 1. The second-order valence-corrected chi connectivity index (χ2v) is 6.59. The lowest BCUT2D eigenvalue weighted by Crippen LogP contribution is -2.39. The number of hydrogen-bond donors (Lipinski definition) is 0. The zero-order valence-corrected chi connectivity index (χ0v) is 15.4. The molecule has 0 spiro atoms. The van der Waals surface area contributed by atoms with Crippen molar-refractivity contribution < 1.29 is 18.7 Å². The molecule has 0 aliphatic carbocycles. The molecule has 1 aliphatic rings. The van der Waals surface area contributed by atoms with Crippen molar-refractivity contribution in [2.24, 2.45) is 0 Å². The van der Waals surface area contributed by atoms with Crippen LogP contribution in [0.2, 0.25) is 0 Å². The second kappa shape index (κ2) is 8.66. The fraction of sp³-hybridized carbons (Fsp3) is 0.333. The van der Waals surface area contributed by atoms with E-state index in [2.05, 4.69) is 0 Å². The maximum Gasteiger partial charge on any atom is 0.260 e. The molecule has 1 saturated heterocycles. The molecule has 27 heavy (non-hydrogen) atoms. The molecule has 0 radical (unpaired) electrons. The molecule has 1 fully saturated rings. The fourth-order valence-electron chi connectivity index (χ4n) is 3.12. The van der Waals surface area contributed by atoms with Crippen LogP contribution in [0.1, 0.15) is 22.3 Å². The topological polar surface area (TPSA) is 49.9 Å². The van der Waals surface area contributed by atoms with Gasteiger partial charge in [-0.3, -0.25) is 9.59 Å². The molecule has 0 atom stereocenters. The molecule has 2 aromatic rings. The summed E-state index contributed by atoms with van der Waals surface area (Å²) in [6.07, 6.45) is 0.678. The Morgan fingerprint density at radius 3 is 2.52 bits per heavy atom. The Balaban J connectivity index is 1.55. The van der Waals surface area contributed by atoms with Gasteiger partial charge in [-0.05, 0) is 43.2 Å². The van der Waals surface area contributed by atoms with E-state index in [0.29, 0.717) is 43.9 Å². The summed E-state index contributed by atoms with van der Waals surface area (Å²) in [5.74, 6) is -0.0392. The zero-order chi connectivity index (χ0) is 19.2. The van der Waals surface area contributed by atoms with Crippen LogP contribution in [0, 0.1) is 12.7 Å². The van der Waals surface area contributed by atoms with Crippen molar-refractivity contribution in [3.05, 3.63) is 65.5 Å². The van der Waals surface area contributed by atoms with Gasteiger partial charge in [0, 0.05) is 31.7 Å². The largest absolute Gasteiger partial charge is 0.484 e. The van der Waals surface area contributed by atoms with Crippen LogP contribution in [-0.4, -0.2) is 54.4 Å². The maximum atomic E-state index is 13.4. The van der Waals surface area contributed by atoms with E-state index in [1.54, 1.807) is 15.9 Å². The van der Waals surface area contributed by atoms with E-state index in [0.717, 1.165) is 5.56 Å². The van der Waals surface area contributed by atoms with Crippen LogP contribution in [0.4, 0.5) is 4.39 Å². The average Bonchev–Trinajstić information content (AvgIpc) is 2.93. The number of benzene rings is 2. The highest BCUT2D eigenvalue weighted by atomic mass is 19.1. The van der Waals surface area contributed by atoms with Crippen LogP contribution in [0.15, 0.2) is 48.5 Å². The van der Waals surface area contributed by atoms with Gasteiger partial charge >= 0.3 is 0 Å². The minimum Gasteiger partial charge on any atom is -0.484 e. The normalized spacial score (nSPS) is 14.6. The van der Waals surface area contributed by atoms with Crippen LogP contribution < -0.4 is 4.74 Å². The van der Waals surface area contributed by atoms with E-state index in [-0.39, 0.29) is 18.4 Å². The number of carbonyl (C=O) groups excluding carboxylic acids is 2. The van der Waals surface area contributed by atoms with E-state index < -0.39 is 5.82 Å². The molecule has 3 rings (SSSR count). The lowest BCUT2D eigenvalue weighted by Gasteiger charge is -2.22. The SMILES string of the molecule is Cc1ccccc1OCC(=O)N1CCCN(C(=O)c2cccc(F)c2)CC1. The quantitative estimate of drug-likeness (QED) is 0.832. The number of nitrogens with zero attached hydrogens (tertiary/aromatic N) is 2. The first-order chi connectivity index (χ1) is 13.0. The standard InChI is InChI=1S/C21H23FN2O3/c1-16-6-2-3-9-19(16)27-15-20(25)23-10-5-11-24(13-12-23)21(26)17-7-4-8-18(22)14-17/h2-4,6-9,14H,5,10-13,15H2,1H3. The molecule has 2 aromatic carbocycles. The molecular formula is C21H23FN2O3. The molecule has 0 aromatic heterocycles. The van der Waals surface area contributed by atoms with Crippen molar-refractivity contribution in [1.29, 1.82) is 0 Å². The summed E-state index contributed by atoms with van der Waals surface area (Å²) in [5.41, 5.74) is 1.31. The molecular weight excluding hydrogens is 347 g/mol. The van der Waals surface area contributed by atoms with Gasteiger partial charge in [-0.2, -0.15) is 0 Å². The van der Waals surface area contributed by atoms with Crippen molar-refractivity contribution in [3.8, 4) is 5.75 Å². The van der Waals surface area contributed by atoms with Crippen LogP contribution in [0.25, 0.3) is 0 Å². The smallest absolute Gasteiger partial charge is 0.260 e. The van der Waals surface area contributed by atoms with E-state index in [1.807, 2.05) is 31.2 Å². The second-order valence-electron chi connectivity index (χ2n) is 6.59. The summed E-state index contributed by atoms with van der Waals surface area (Å²) in [6, 6.07) is 13.2. The lowest BCUT2D eigenvalue weighted by atomic mass is 10.2. The van der Waals surface area contributed by atoms with Crippen molar-refractivity contribution in [2.75, 3.05) is 32.8 Å². The van der Waals surface area contributed by atoms with Gasteiger partial charge in [0.2, 0.25) is 0 Å². The highest BCUT2D eigenvalue weighted by Crippen LogP contribution is 2.16. The van der Waals surface area contributed by atoms with Crippen LogP contribution in [0.5, 0.6) is 5.75 Å². The predicted molar refractivity (Wildman–Crippen MR) is 100 cm³/mol. The number of amides is 2. The Hall–Kier alpha value is -2.89. The van der Waals surface area contributed by atoms with Gasteiger partial charge in [0.1, 0.15) is 11.6 Å². The van der Waals surface area contributed by atoms with Crippen LogP contribution in [-0.2, 0) is 4.79 Å². The molecule has 0 unspecified atom stereocenters. The van der Waals surface area contributed by atoms with E-state index in [9.17, 15) is 14.0 Å². The molecule has 0 saturated carbocycles. The molecule has 5 nitrogen and oxygen atoms in total. The molecule has 6 heteroatoms. The average molecular weight is 370 g/mol. The number of halogens is 1. The third kappa shape index (κ3) is 4.84. The molecule has 0 bridgehead atoms. The number of rotatable bonds is 4. The first-order valence-corrected chi connectivity index (χ1v) is 9.05. The Morgan fingerprint density at radius 1 is 1.00 bits per heavy atom. The van der Waals surface area contributed by atoms with Gasteiger partial charge < -0.3 is 14.5 Å². The monoisotopic (exact) mass is 370 g/mol. The van der Waals surface area contributed by atoms with Crippen molar-refractivity contribution in [1.82, 2.24) is 9.80 Å². The molecule has 0 N–H and O–H groups in total. The highest BCUT2D eigenvalue weighted by Gasteiger charge is 2.23. The van der Waals surface area contributed by atoms with Gasteiger partial charge in [-0.1, -0.05) is 24.3 Å². The Labute approximate surface area is 158 Å². The number of carbonyl (C=O) groups is 2. The number of para-hydroxylation sites is 1. The number of aryl methyl sites for hydroxylation is 1. The van der Waals surface area contributed by atoms with E-state index >= 15 is 0 Å². The Morgan fingerprint density at radius 2 is 1.74 bits per heavy atom. The van der Waals surface area contributed by atoms with Crippen LogP contribution >= 0.6 is 0 Å². The minimum atomic E-state index is -0.430. The van der Waals surface area contributed by atoms with Crippen molar-refractivity contribution in [2.45, 2.75) is 13.3 Å². The zero-order valence-electron chi connectivity index (χ0n) is 15.4. The fourth-order valence-corrected chi connectivity index (χ4v) is 3.12. The summed E-state index contributed by atoms with van der Waals surface area (Å²) < 4.78 is 19.0.